The van der Waals surface area contributed by atoms with E-state index in [-0.39, 0.29) is 23.5 Å². The van der Waals surface area contributed by atoms with Crippen LogP contribution in [0.4, 0.5) is 5.69 Å². The highest BCUT2D eigenvalue weighted by atomic mass is 35.5. The predicted octanol–water partition coefficient (Wildman–Crippen LogP) is 6.52. The molecular weight excluding hydrogens is 434 g/mol. The number of ketones is 1. The monoisotopic (exact) mass is 473 g/mol. The van der Waals surface area contributed by atoms with E-state index < -0.39 is 17.0 Å². The summed E-state index contributed by atoms with van der Waals surface area (Å²) in [6, 6.07) is 8.78. The van der Waals surface area contributed by atoms with Gasteiger partial charge in [0.15, 0.2) is 11.4 Å². The number of benzene rings is 1. The quantitative estimate of drug-likeness (QED) is 0.257. The van der Waals surface area contributed by atoms with Gasteiger partial charge in [0.25, 0.3) is 0 Å². The van der Waals surface area contributed by atoms with Gasteiger partial charge in [0.2, 0.25) is 0 Å². The van der Waals surface area contributed by atoms with Crippen LogP contribution >= 0.6 is 11.6 Å². The van der Waals surface area contributed by atoms with Crippen LogP contribution in [0.5, 0.6) is 0 Å². The number of anilines is 1. The molecule has 2 fully saturated rings. The number of esters is 1. The Labute approximate surface area is 204 Å². The van der Waals surface area contributed by atoms with Crippen molar-refractivity contribution in [2.45, 2.75) is 78.2 Å². The SMILES string of the molecule is CCC/C(C)=C1\C(c2ccc(N(C)C)cc2)C[C@@]2(C)C(CC[C@]2(OC(C)=O)C(=O)CCl)C1C. The topological polar surface area (TPSA) is 46.6 Å². The number of Topliss-reactive ketones (excluding diaryl/α,β-unsaturated/α-hetero) is 1. The molecule has 5 atom stereocenters. The lowest BCUT2D eigenvalue weighted by Crippen LogP contribution is -2.57. The number of rotatable bonds is 7. The molecule has 0 aliphatic heterocycles. The van der Waals surface area contributed by atoms with Crippen LogP contribution in [0.3, 0.4) is 0 Å². The second-order valence-corrected chi connectivity index (χ2v) is 10.8. The summed E-state index contributed by atoms with van der Waals surface area (Å²) >= 11 is 6.10. The first-order valence-electron chi connectivity index (χ1n) is 12.3. The fourth-order valence-corrected chi connectivity index (χ4v) is 7.21. The Balaban J connectivity index is 2.17. The standard InChI is InChI=1S/C28H40ClNO3/c1-8-9-18(2)26-19(3)24-14-15-28(25(32)17-29,33-20(4)31)27(24,5)16-23(26)21-10-12-22(13-11-21)30(6)7/h10-13,19,23-24H,8-9,14-17H2,1-7H3/b26-18-/t19?,23?,24?,27-,28-/m0/s1. The number of carbonyl (C=O) groups excluding carboxylic acids is 2. The van der Waals surface area contributed by atoms with Crippen molar-refractivity contribution in [3.05, 3.63) is 41.0 Å². The number of hydrogen-bond donors (Lipinski definition) is 0. The van der Waals surface area contributed by atoms with E-state index in [1.165, 1.54) is 23.6 Å². The van der Waals surface area contributed by atoms with Crippen LogP contribution in [0.25, 0.3) is 0 Å². The Kier molecular flexibility index (Phi) is 7.68. The summed E-state index contributed by atoms with van der Waals surface area (Å²) in [6.07, 6.45) is 4.37. The highest BCUT2D eigenvalue weighted by Crippen LogP contribution is 2.65. The van der Waals surface area contributed by atoms with Crippen LogP contribution in [-0.2, 0) is 14.3 Å². The van der Waals surface area contributed by atoms with E-state index in [4.69, 9.17) is 16.3 Å². The molecule has 0 spiro atoms. The summed E-state index contributed by atoms with van der Waals surface area (Å²) < 4.78 is 5.95. The predicted molar refractivity (Wildman–Crippen MR) is 136 cm³/mol. The third-order valence-corrected chi connectivity index (χ3v) is 8.71. The lowest BCUT2D eigenvalue weighted by atomic mass is 9.53. The van der Waals surface area contributed by atoms with Crippen molar-refractivity contribution < 1.29 is 14.3 Å². The molecule has 33 heavy (non-hydrogen) atoms. The molecule has 4 nitrogen and oxygen atoms in total. The van der Waals surface area contributed by atoms with Crippen molar-refractivity contribution in [1.29, 1.82) is 0 Å². The zero-order chi connectivity index (χ0) is 24.6. The fourth-order valence-electron chi connectivity index (χ4n) is 6.99. The summed E-state index contributed by atoms with van der Waals surface area (Å²) in [5, 5.41) is 0. The number of alkyl halides is 1. The molecule has 0 aromatic heterocycles. The lowest BCUT2D eigenvalue weighted by molar-refractivity contribution is -0.181. The van der Waals surface area contributed by atoms with E-state index in [2.05, 4.69) is 56.9 Å². The molecular formula is C28H40ClNO3. The van der Waals surface area contributed by atoms with Gasteiger partial charge in [0, 0.05) is 38.0 Å². The molecule has 0 radical (unpaired) electrons. The average Bonchev–Trinajstić information content (AvgIpc) is 3.05. The molecule has 0 bridgehead atoms. The van der Waals surface area contributed by atoms with Gasteiger partial charge in [-0.3, -0.25) is 9.59 Å². The summed E-state index contributed by atoms with van der Waals surface area (Å²) in [4.78, 5) is 27.6. The smallest absolute Gasteiger partial charge is 0.303 e. The summed E-state index contributed by atoms with van der Waals surface area (Å²) in [5.41, 5.74) is 3.78. The molecule has 1 aromatic rings. The minimum absolute atomic E-state index is 0.135. The van der Waals surface area contributed by atoms with E-state index in [1.54, 1.807) is 0 Å². The number of nitrogens with zero attached hydrogens (tertiary/aromatic N) is 1. The normalized spacial score (nSPS) is 32.8. The highest BCUT2D eigenvalue weighted by Gasteiger charge is 2.66. The lowest BCUT2D eigenvalue weighted by Gasteiger charge is -2.53. The molecule has 2 aliphatic rings. The Morgan fingerprint density at radius 2 is 1.82 bits per heavy atom. The summed E-state index contributed by atoms with van der Waals surface area (Å²) in [7, 11) is 4.09. The van der Waals surface area contributed by atoms with E-state index in [9.17, 15) is 9.59 Å². The maximum absolute atomic E-state index is 13.3. The van der Waals surface area contributed by atoms with Crippen LogP contribution in [0.1, 0.15) is 78.2 Å². The van der Waals surface area contributed by atoms with Gasteiger partial charge in [0.1, 0.15) is 0 Å². The Bertz CT molecular complexity index is 922. The summed E-state index contributed by atoms with van der Waals surface area (Å²) in [6.45, 7) is 10.4. The van der Waals surface area contributed by atoms with Crippen molar-refractivity contribution in [3.63, 3.8) is 0 Å². The van der Waals surface area contributed by atoms with Gasteiger partial charge in [-0.15, -0.1) is 11.6 Å². The average molecular weight is 474 g/mol. The highest BCUT2D eigenvalue weighted by molar-refractivity contribution is 6.29. The summed E-state index contributed by atoms with van der Waals surface area (Å²) in [5.74, 6) is 0.0519. The first kappa shape index (κ1) is 25.8. The Morgan fingerprint density at radius 3 is 2.33 bits per heavy atom. The van der Waals surface area contributed by atoms with Crippen molar-refractivity contribution in [3.8, 4) is 0 Å². The Hall–Kier alpha value is -1.81. The van der Waals surface area contributed by atoms with Crippen LogP contribution in [0.15, 0.2) is 35.4 Å². The molecule has 182 valence electrons. The number of fused-ring (bicyclic) bond motifs is 1. The third kappa shape index (κ3) is 4.36. The van der Waals surface area contributed by atoms with Gasteiger partial charge in [-0.05, 0) is 62.1 Å². The van der Waals surface area contributed by atoms with Crippen molar-refractivity contribution >= 4 is 29.0 Å². The van der Waals surface area contributed by atoms with E-state index in [1.807, 2.05) is 14.1 Å². The number of halogens is 1. The molecule has 2 saturated carbocycles. The van der Waals surface area contributed by atoms with E-state index >= 15 is 0 Å². The maximum Gasteiger partial charge on any atom is 0.303 e. The minimum Gasteiger partial charge on any atom is -0.451 e. The largest absolute Gasteiger partial charge is 0.451 e. The van der Waals surface area contributed by atoms with Crippen LogP contribution < -0.4 is 4.90 Å². The van der Waals surface area contributed by atoms with Crippen LogP contribution in [-0.4, -0.2) is 37.3 Å². The molecule has 2 aliphatic carbocycles. The van der Waals surface area contributed by atoms with Gasteiger partial charge in [-0.25, -0.2) is 0 Å². The van der Waals surface area contributed by atoms with Crippen molar-refractivity contribution in [2.24, 2.45) is 17.3 Å². The molecule has 0 saturated heterocycles. The number of ether oxygens (including phenoxy) is 1. The first-order valence-corrected chi connectivity index (χ1v) is 12.8. The Morgan fingerprint density at radius 1 is 1.18 bits per heavy atom. The molecule has 5 heteroatoms. The fraction of sp³-hybridized carbons (Fsp3) is 0.643. The zero-order valence-electron chi connectivity index (χ0n) is 21.3. The van der Waals surface area contributed by atoms with Gasteiger partial charge < -0.3 is 9.64 Å². The van der Waals surface area contributed by atoms with Crippen LogP contribution in [0.2, 0.25) is 0 Å². The molecule has 3 rings (SSSR count). The van der Waals surface area contributed by atoms with Gasteiger partial charge in [0.05, 0.1) is 5.88 Å². The van der Waals surface area contributed by atoms with Gasteiger partial charge >= 0.3 is 5.97 Å². The second kappa shape index (κ2) is 9.82. The minimum atomic E-state index is -1.15. The number of carbonyl (C=O) groups is 2. The molecule has 1 aromatic carbocycles. The number of allylic oxidation sites excluding steroid dienone is 2. The maximum atomic E-state index is 13.3. The van der Waals surface area contributed by atoms with Crippen molar-refractivity contribution in [1.82, 2.24) is 0 Å². The molecule has 0 amide bonds. The molecule has 0 heterocycles. The number of hydrogen-bond acceptors (Lipinski definition) is 4. The zero-order valence-corrected chi connectivity index (χ0v) is 22.1. The van der Waals surface area contributed by atoms with E-state index in [0.717, 1.165) is 31.4 Å². The van der Waals surface area contributed by atoms with Crippen molar-refractivity contribution in [2.75, 3.05) is 24.9 Å². The third-order valence-electron chi connectivity index (χ3n) is 8.47. The molecule has 0 N–H and O–H groups in total. The first-order chi connectivity index (χ1) is 15.5. The second-order valence-electron chi connectivity index (χ2n) is 10.6. The van der Waals surface area contributed by atoms with Gasteiger partial charge in [-0.2, -0.15) is 0 Å². The van der Waals surface area contributed by atoms with Crippen LogP contribution in [0, 0.1) is 17.3 Å². The molecule has 3 unspecified atom stereocenters. The van der Waals surface area contributed by atoms with Gasteiger partial charge in [-0.1, -0.05) is 50.5 Å². The van der Waals surface area contributed by atoms with E-state index in [0.29, 0.717) is 12.3 Å².